The third kappa shape index (κ3) is 2.24. The van der Waals surface area contributed by atoms with Crippen LogP contribution in [0.25, 0.3) is 0 Å². The summed E-state index contributed by atoms with van der Waals surface area (Å²) in [6.45, 7) is 9.04. The van der Waals surface area contributed by atoms with Crippen LogP contribution in [0.4, 0.5) is 0 Å². The van der Waals surface area contributed by atoms with E-state index in [-0.39, 0.29) is 16.8 Å². The molecule has 126 valence electrons. The second kappa shape index (κ2) is 5.07. The molecule has 0 spiro atoms. The molecule has 1 aromatic carbocycles. The third-order valence-electron chi connectivity index (χ3n) is 6.48. The molecule has 0 unspecified atom stereocenters. The van der Waals surface area contributed by atoms with Crippen LogP contribution in [0, 0.1) is 22.7 Å². The Morgan fingerprint density at radius 1 is 1.26 bits per heavy atom. The molecule has 1 N–H and O–H groups in total. The Hall–Kier alpha value is -1.35. The predicted octanol–water partition coefficient (Wildman–Crippen LogP) is 4.14. The summed E-state index contributed by atoms with van der Waals surface area (Å²) >= 11 is 0. The Balaban J connectivity index is 1.95. The zero-order valence-corrected chi connectivity index (χ0v) is 14.8. The van der Waals surface area contributed by atoms with Gasteiger partial charge in [0.1, 0.15) is 0 Å². The fourth-order valence-corrected chi connectivity index (χ4v) is 5.08. The van der Waals surface area contributed by atoms with Gasteiger partial charge in [0.25, 0.3) is 0 Å². The predicted molar refractivity (Wildman–Crippen MR) is 90.1 cm³/mol. The number of benzene rings is 1. The van der Waals surface area contributed by atoms with Crippen molar-refractivity contribution in [2.75, 3.05) is 7.11 Å². The molecule has 2 fully saturated rings. The smallest absolute Gasteiger partial charge is 0.337 e. The summed E-state index contributed by atoms with van der Waals surface area (Å²) in [5.41, 5.74) is 0.843. The molecule has 0 saturated heterocycles. The summed E-state index contributed by atoms with van der Waals surface area (Å²) in [5, 5.41) is 11.6. The molecule has 2 saturated carbocycles. The van der Waals surface area contributed by atoms with Crippen LogP contribution in [0.3, 0.4) is 0 Å². The molecule has 0 heterocycles. The highest BCUT2D eigenvalue weighted by molar-refractivity contribution is 5.89. The molecule has 2 bridgehead atoms. The number of esters is 1. The van der Waals surface area contributed by atoms with Gasteiger partial charge in [0, 0.05) is 5.41 Å². The first-order chi connectivity index (χ1) is 10.6. The van der Waals surface area contributed by atoms with Gasteiger partial charge < -0.3 is 9.84 Å². The van der Waals surface area contributed by atoms with E-state index < -0.39 is 5.60 Å². The summed E-state index contributed by atoms with van der Waals surface area (Å²) < 4.78 is 4.76. The minimum absolute atomic E-state index is 0.0494. The highest BCUT2D eigenvalue weighted by Gasteiger charge is 2.68. The maximum Gasteiger partial charge on any atom is 0.337 e. The molecule has 0 radical (unpaired) electrons. The maximum atomic E-state index is 11.6. The van der Waals surface area contributed by atoms with E-state index in [4.69, 9.17) is 4.74 Å². The highest BCUT2D eigenvalue weighted by Crippen LogP contribution is 2.70. The SMILES string of the molecule is COC(=O)c1ccc([C@@]2(O)[C@H]3C[C@@]2(C)CC[C@H]3C(C)(C)C)cc1. The van der Waals surface area contributed by atoms with Crippen molar-refractivity contribution >= 4 is 5.97 Å². The summed E-state index contributed by atoms with van der Waals surface area (Å²) in [4.78, 5) is 11.6. The Morgan fingerprint density at radius 3 is 2.35 bits per heavy atom. The van der Waals surface area contributed by atoms with Crippen LogP contribution in [-0.4, -0.2) is 18.2 Å². The Labute approximate surface area is 139 Å². The summed E-state index contributed by atoms with van der Waals surface area (Å²) in [6.07, 6.45) is 3.33. The van der Waals surface area contributed by atoms with E-state index in [0.717, 1.165) is 18.4 Å². The number of aliphatic hydroxyl groups is 1. The van der Waals surface area contributed by atoms with Crippen LogP contribution in [0.2, 0.25) is 0 Å². The fraction of sp³-hybridized carbons (Fsp3) is 0.650. The Kier molecular flexibility index (Phi) is 3.64. The topological polar surface area (TPSA) is 46.5 Å². The normalized spacial score (nSPS) is 36.3. The minimum atomic E-state index is -0.780. The second-order valence-electron chi connectivity index (χ2n) is 8.72. The Bertz CT molecular complexity index is 609. The van der Waals surface area contributed by atoms with Crippen molar-refractivity contribution < 1.29 is 14.6 Å². The van der Waals surface area contributed by atoms with Crippen molar-refractivity contribution in [2.24, 2.45) is 22.7 Å². The number of methoxy groups -OCH3 is 1. The van der Waals surface area contributed by atoms with Crippen molar-refractivity contribution in [3.8, 4) is 0 Å². The molecule has 23 heavy (non-hydrogen) atoms. The molecule has 2 aliphatic carbocycles. The first-order valence-electron chi connectivity index (χ1n) is 8.55. The van der Waals surface area contributed by atoms with Crippen LogP contribution in [0.1, 0.15) is 62.9 Å². The lowest BCUT2D eigenvalue weighted by atomic mass is 9.38. The first-order valence-corrected chi connectivity index (χ1v) is 8.55. The van der Waals surface area contributed by atoms with Gasteiger partial charge in [-0.25, -0.2) is 4.79 Å². The summed E-state index contributed by atoms with van der Waals surface area (Å²) in [5.74, 6) is 0.482. The number of rotatable bonds is 2. The maximum absolute atomic E-state index is 11.6. The molecule has 1 aromatic rings. The van der Waals surface area contributed by atoms with E-state index in [1.165, 1.54) is 13.5 Å². The van der Waals surface area contributed by atoms with Crippen molar-refractivity contribution in [1.29, 1.82) is 0 Å². The van der Waals surface area contributed by atoms with Gasteiger partial charge in [-0.05, 0) is 54.2 Å². The van der Waals surface area contributed by atoms with Gasteiger partial charge in [-0.2, -0.15) is 0 Å². The van der Waals surface area contributed by atoms with Gasteiger partial charge in [-0.15, -0.1) is 0 Å². The number of hydrogen-bond acceptors (Lipinski definition) is 3. The average Bonchev–Trinajstić information content (AvgIpc) is 2.52. The molecule has 3 rings (SSSR count). The van der Waals surface area contributed by atoms with E-state index in [9.17, 15) is 9.90 Å². The van der Waals surface area contributed by atoms with Gasteiger partial charge in [0.15, 0.2) is 0 Å². The number of hydrogen-bond donors (Lipinski definition) is 1. The number of carbonyl (C=O) groups excluding carboxylic acids is 1. The molecule has 4 atom stereocenters. The lowest BCUT2D eigenvalue weighted by molar-refractivity contribution is -0.277. The van der Waals surface area contributed by atoms with Gasteiger partial charge in [-0.3, -0.25) is 0 Å². The molecule has 0 aromatic heterocycles. The van der Waals surface area contributed by atoms with Crippen molar-refractivity contribution in [3.63, 3.8) is 0 Å². The van der Waals surface area contributed by atoms with Gasteiger partial charge in [0.2, 0.25) is 0 Å². The van der Waals surface area contributed by atoms with Crippen molar-refractivity contribution in [2.45, 2.75) is 52.6 Å². The number of fused-ring (bicyclic) bond motifs is 2. The van der Waals surface area contributed by atoms with Gasteiger partial charge in [-0.1, -0.05) is 39.8 Å². The zero-order valence-electron chi connectivity index (χ0n) is 14.8. The third-order valence-corrected chi connectivity index (χ3v) is 6.48. The zero-order chi connectivity index (χ0) is 17.0. The molecule has 3 heteroatoms. The lowest BCUT2D eigenvalue weighted by Gasteiger charge is -2.68. The van der Waals surface area contributed by atoms with Crippen molar-refractivity contribution in [1.82, 2.24) is 0 Å². The molecular formula is C20H28O3. The standard InChI is InChI=1S/C20H28O3/c1-18(2,3)15-10-11-19(4)12-16(15)20(19,22)14-8-6-13(7-9-14)17(21)23-5/h6-9,15-16,22H,10-12H2,1-5H3/t15-,16+,19-,20-/m1/s1. The van der Waals surface area contributed by atoms with Crippen LogP contribution < -0.4 is 0 Å². The fourth-order valence-electron chi connectivity index (χ4n) is 5.08. The monoisotopic (exact) mass is 316 g/mol. The van der Waals surface area contributed by atoms with Crippen LogP contribution >= 0.6 is 0 Å². The summed E-state index contributed by atoms with van der Waals surface area (Å²) in [7, 11) is 1.38. The molecule has 2 aliphatic rings. The summed E-state index contributed by atoms with van der Waals surface area (Å²) in [6, 6.07) is 7.34. The van der Waals surface area contributed by atoms with Gasteiger partial charge >= 0.3 is 5.97 Å². The second-order valence-corrected chi connectivity index (χ2v) is 8.72. The first kappa shape index (κ1) is 16.5. The van der Waals surface area contributed by atoms with Gasteiger partial charge in [0.05, 0.1) is 18.3 Å². The number of carbonyl (C=O) groups is 1. The quantitative estimate of drug-likeness (QED) is 0.834. The van der Waals surface area contributed by atoms with Crippen LogP contribution in [0.15, 0.2) is 24.3 Å². The molecular weight excluding hydrogens is 288 g/mol. The largest absolute Gasteiger partial charge is 0.465 e. The van der Waals surface area contributed by atoms with Crippen molar-refractivity contribution in [3.05, 3.63) is 35.4 Å². The number of ether oxygens (including phenoxy) is 1. The lowest BCUT2D eigenvalue weighted by Crippen LogP contribution is -2.67. The van der Waals surface area contributed by atoms with Crippen LogP contribution in [-0.2, 0) is 10.3 Å². The van der Waals surface area contributed by atoms with E-state index in [2.05, 4.69) is 27.7 Å². The van der Waals surface area contributed by atoms with Crippen LogP contribution in [0.5, 0.6) is 0 Å². The van der Waals surface area contributed by atoms with E-state index in [1.807, 2.05) is 12.1 Å². The van der Waals surface area contributed by atoms with E-state index >= 15 is 0 Å². The average molecular weight is 316 g/mol. The Morgan fingerprint density at radius 2 is 1.87 bits per heavy atom. The molecule has 0 amide bonds. The highest BCUT2D eigenvalue weighted by atomic mass is 16.5. The molecule has 3 nitrogen and oxygen atoms in total. The minimum Gasteiger partial charge on any atom is -0.465 e. The van der Waals surface area contributed by atoms with E-state index in [1.54, 1.807) is 12.1 Å². The molecule has 0 aliphatic heterocycles. The van der Waals surface area contributed by atoms with E-state index in [0.29, 0.717) is 17.4 Å².